The lowest BCUT2D eigenvalue weighted by Gasteiger charge is -2.54. The van der Waals surface area contributed by atoms with Crippen LogP contribution in [0.25, 0.3) is 0 Å². The molecule has 0 aromatic rings. The van der Waals surface area contributed by atoms with E-state index in [4.69, 9.17) is 8.85 Å². The Morgan fingerprint density at radius 3 is 2.22 bits per heavy atom. The van der Waals surface area contributed by atoms with Gasteiger partial charge in [0.2, 0.25) is 0 Å². The van der Waals surface area contributed by atoms with E-state index < -0.39 is 30.6 Å². The molecule has 0 spiro atoms. The van der Waals surface area contributed by atoms with Crippen molar-refractivity contribution in [3.8, 4) is 0 Å². The Morgan fingerprint density at radius 2 is 1.78 bits per heavy atom. The van der Waals surface area contributed by atoms with E-state index >= 15 is 0 Å². The van der Waals surface area contributed by atoms with Gasteiger partial charge in [-0.3, -0.25) is 0 Å². The maximum atomic E-state index is 11.9. The van der Waals surface area contributed by atoms with Gasteiger partial charge in [0.1, 0.15) is 0 Å². The quantitative estimate of drug-likeness (QED) is 0.579. The average molecular weight is 319 g/mol. The molecule has 2 atom stereocenters. The van der Waals surface area contributed by atoms with E-state index in [2.05, 4.69) is 45.9 Å². The first-order chi connectivity index (χ1) is 7.96. The summed E-state index contributed by atoms with van der Waals surface area (Å²) in [6.07, 6.45) is 0.717. The molecule has 0 aromatic carbocycles. The molecule has 1 fully saturated rings. The lowest BCUT2D eigenvalue weighted by Crippen LogP contribution is -2.83. The molecule has 18 heavy (non-hydrogen) atoms. The van der Waals surface area contributed by atoms with Crippen LogP contribution in [0.4, 0.5) is 0 Å². The lowest BCUT2D eigenvalue weighted by atomic mass is 10.4. The van der Waals surface area contributed by atoms with Gasteiger partial charge in [0, 0.05) is 5.57 Å². The van der Waals surface area contributed by atoms with Gasteiger partial charge < -0.3 is 8.85 Å². The van der Waals surface area contributed by atoms with Gasteiger partial charge in [-0.1, -0.05) is 39.3 Å². The summed E-state index contributed by atoms with van der Waals surface area (Å²) < 4.78 is 12.0. The Bertz CT molecular complexity index is 380. The minimum Gasteiger partial charge on any atom is -0.517 e. The second kappa shape index (κ2) is 4.86. The third-order valence-corrected chi connectivity index (χ3v) is 63.7. The molecule has 7 heteroatoms. The van der Waals surface area contributed by atoms with E-state index in [1.54, 1.807) is 6.92 Å². The molecule has 0 saturated carbocycles. The van der Waals surface area contributed by atoms with Crippen LogP contribution < -0.4 is 0 Å². The monoisotopic (exact) mass is 318 g/mol. The lowest BCUT2D eigenvalue weighted by molar-refractivity contribution is -0.130. The fourth-order valence-electron chi connectivity index (χ4n) is 2.31. The van der Waals surface area contributed by atoms with E-state index in [0.29, 0.717) is 5.57 Å². The molecule has 104 valence electrons. The maximum absolute atomic E-state index is 11.9. The van der Waals surface area contributed by atoms with Crippen molar-refractivity contribution in [1.82, 2.24) is 0 Å². The summed E-state index contributed by atoms with van der Waals surface area (Å²) >= 11 is 0. The smallest absolute Gasteiger partial charge is 0.319 e. The molecule has 1 saturated heterocycles. The summed E-state index contributed by atoms with van der Waals surface area (Å²) in [6, 6.07) is 0. The van der Waals surface area contributed by atoms with Crippen molar-refractivity contribution in [3.05, 3.63) is 12.2 Å². The number of hydrogen-bond donors (Lipinski definition) is 0. The minimum atomic E-state index is -2.06. The summed E-state index contributed by atoms with van der Waals surface area (Å²) in [4.78, 5) is 11.9. The fraction of sp³-hybridized carbons (Fsp3) is 0.727. The maximum Gasteiger partial charge on any atom is 0.319 e. The molecule has 0 N–H and O–H groups in total. The first kappa shape index (κ1) is 16.1. The van der Waals surface area contributed by atoms with Crippen LogP contribution >= 0.6 is 0 Å². The molecule has 0 aromatic heterocycles. The van der Waals surface area contributed by atoms with Crippen molar-refractivity contribution < 1.29 is 13.6 Å². The fourth-order valence-corrected chi connectivity index (χ4v) is 57.7. The van der Waals surface area contributed by atoms with Gasteiger partial charge in [-0.05, 0) is 13.5 Å². The number of carbonyl (C=O) groups is 1. The van der Waals surface area contributed by atoms with Crippen LogP contribution in [0.1, 0.15) is 6.92 Å². The first-order valence-electron chi connectivity index (χ1n) is 6.46. The molecule has 1 aliphatic rings. The van der Waals surface area contributed by atoms with E-state index in [0.717, 1.165) is 6.23 Å². The van der Waals surface area contributed by atoms with Crippen LogP contribution in [-0.2, 0) is 13.6 Å². The number of hydrogen-bond acceptors (Lipinski definition) is 3. The van der Waals surface area contributed by atoms with Crippen LogP contribution in [0, 0.1) is 0 Å². The highest BCUT2D eigenvalue weighted by Crippen LogP contribution is 2.36. The molecular weight excluding hydrogens is 292 g/mol. The number of rotatable bonds is 2. The highest BCUT2D eigenvalue weighted by Gasteiger charge is 2.64. The highest BCUT2D eigenvalue weighted by atomic mass is 29.8. The summed E-state index contributed by atoms with van der Waals surface area (Å²) in [5.74, 6) is -0.214. The Kier molecular flexibility index (Phi) is 4.34. The summed E-state index contributed by atoms with van der Waals surface area (Å²) in [5.41, 5.74) is 0.504. The molecule has 0 amide bonds. The molecule has 0 bridgehead atoms. The second-order valence-electron chi connectivity index (χ2n) is 6.70. The van der Waals surface area contributed by atoms with Gasteiger partial charge in [-0.2, -0.15) is 0 Å². The van der Waals surface area contributed by atoms with Gasteiger partial charge in [-0.25, -0.2) is 4.79 Å². The zero-order valence-electron chi connectivity index (χ0n) is 12.7. The Hall–Kier alpha value is 0.0375. The van der Waals surface area contributed by atoms with Crippen LogP contribution in [0.2, 0.25) is 39.3 Å². The predicted octanol–water partition coefficient (Wildman–Crippen LogP) is 2.26. The molecule has 2 unspecified atom stereocenters. The Morgan fingerprint density at radius 1 is 1.28 bits per heavy atom. The van der Waals surface area contributed by atoms with E-state index in [9.17, 15) is 4.79 Å². The second-order valence-corrected chi connectivity index (χ2v) is 42.5. The van der Waals surface area contributed by atoms with Crippen molar-refractivity contribution in [2.45, 2.75) is 46.2 Å². The summed E-state index contributed by atoms with van der Waals surface area (Å²) in [7, 11) is -5.98. The standard InChI is InChI=1S/C11H26O3Si4/c1-10(2)11(12)14-18(8)9-13-15(3)16(4,5)17(18,6)7/h15H,1,9H2,2-8H3. The predicted molar refractivity (Wildman–Crippen MR) is 86.5 cm³/mol. The average Bonchev–Trinajstić information content (AvgIpc) is 2.23. The molecular formula is C11H26O3Si4. The zero-order valence-corrected chi connectivity index (χ0v) is 16.9. The molecule has 3 nitrogen and oxygen atoms in total. The van der Waals surface area contributed by atoms with Crippen molar-refractivity contribution in [3.63, 3.8) is 0 Å². The van der Waals surface area contributed by atoms with E-state index in [1.807, 2.05) is 0 Å². The van der Waals surface area contributed by atoms with Crippen molar-refractivity contribution >= 4 is 36.6 Å². The van der Waals surface area contributed by atoms with Gasteiger partial charge in [0.05, 0.1) is 20.4 Å². The largest absolute Gasteiger partial charge is 0.517 e. The Balaban J connectivity index is 3.08. The van der Waals surface area contributed by atoms with Gasteiger partial charge in [0.25, 0.3) is 7.83 Å². The molecule has 0 aliphatic carbocycles. The third kappa shape index (κ3) is 2.38. The normalized spacial score (nSPS) is 33.8. The van der Waals surface area contributed by atoms with Crippen molar-refractivity contribution in [2.24, 2.45) is 0 Å². The van der Waals surface area contributed by atoms with Crippen molar-refractivity contribution in [1.29, 1.82) is 0 Å². The topological polar surface area (TPSA) is 35.5 Å². The van der Waals surface area contributed by atoms with E-state index in [-0.39, 0.29) is 5.97 Å². The van der Waals surface area contributed by atoms with Crippen LogP contribution in [0.5, 0.6) is 0 Å². The first-order valence-corrected chi connectivity index (χ1v) is 20.5. The van der Waals surface area contributed by atoms with Crippen molar-refractivity contribution in [2.75, 3.05) is 6.23 Å². The molecule has 0 radical (unpaired) electrons. The molecule has 1 aliphatic heterocycles. The van der Waals surface area contributed by atoms with Gasteiger partial charge in [-0.15, -0.1) is 0 Å². The van der Waals surface area contributed by atoms with Crippen LogP contribution in [0.3, 0.4) is 0 Å². The van der Waals surface area contributed by atoms with E-state index in [1.165, 1.54) is 0 Å². The summed E-state index contributed by atoms with van der Waals surface area (Å²) in [5, 5.41) is 0. The van der Waals surface area contributed by atoms with Crippen LogP contribution in [-0.4, -0.2) is 42.8 Å². The van der Waals surface area contributed by atoms with Gasteiger partial charge in [0.15, 0.2) is 8.56 Å². The van der Waals surface area contributed by atoms with Gasteiger partial charge >= 0.3 is 5.97 Å². The zero-order chi connectivity index (χ0) is 14.4. The SMILES string of the molecule is C=C(C)C(=O)O[Si]1(C)CO[SiH](C)[Si](C)(C)[Si]1(C)C. The molecule has 1 rings (SSSR count). The molecule has 1 heterocycles. The summed E-state index contributed by atoms with van der Waals surface area (Å²) in [6.45, 7) is 19.7. The number of carbonyl (C=O) groups excluding carboxylic acids is 1. The highest BCUT2D eigenvalue weighted by molar-refractivity contribution is 7.80. The Labute approximate surface area is 115 Å². The minimum absolute atomic E-state index is 0.214. The third-order valence-electron chi connectivity index (χ3n) is 5.22. The van der Waals surface area contributed by atoms with Crippen LogP contribution in [0.15, 0.2) is 12.2 Å².